The van der Waals surface area contributed by atoms with Crippen LogP contribution in [0.2, 0.25) is 0 Å². The second-order valence-corrected chi connectivity index (χ2v) is 10.1. The van der Waals surface area contributed by atoms with Crippen LogP contribution in [-0.2, 0) is 29.7 Å². The van der Waals surface area contributed by atoms with Crippen LogP contribution in [0.25, 0.3) is 10.9 Å². The predicted octanol–water partition coefficient (Wildman–Crippen LogP) is 4.25. The molecule has 0 fully saturated rings. The molecule has 0 unspecified atom stereocenters. The number of sulfone groups is 1. The molecule has 1 aliphatic heterocycles. The van der Waals surface area contributed by atoms with Crippen molar-refractivity contribution in [1.29, 1.82) is 0 Å². The van der Waals surface area contributed by atoms with E-state index in [4.69, 9.17) is 0 Å². The average Bonchev–Trinajstić information content (AvgIpc) is 2.97. The Bertz CT molecular complexity index is 1410. The Hall–Kier alpha value is -3.38. The summed E-state index contributed by atoms with van der Waals surface area (Å²) in [7, 11) is -1.58. The predicted molar refractivity (Wildman–Crippen MR) is 125 cm³/mol. The fourth-order valence-electron chi connectivity index (χ4n) is 4.62. The van der Waals surface area contributed by atoms with Crippen molar-refractivity contribution in [2.45, 2.75) is 22.6 Å². The highest BCUT2D eigenvalue weighted by Gasteiger charge is 2.25. The number of carbonyl (C=O) groups excluding carboxylic acids is 1. The zero-order chi connectivity index (χ0) is 22.3. The smallest absolute Gasteiger partial charge is 0.253 e. The number of benzene rings is 3. The Morgan fingerprint density at radius 1 is 0.812 bits per heavy atom. The van der Waals surface area contributed by atoms with Crippen LogP contribution in [0, 0.1) is 0 Å². The van der Waals surface area contributed by atoms with E-state index in [1.807, 2.05) is 54.4 Å². The molecule has 0 atom stereocenters. The van der Waals surface area contributed by atoms with Gasteiger partial charge in [0.2, 0.25) is 9.84 Å². The molecule has 0 bridgehead atoms. The molecule has 0 saturated heterocycles. The minimum absolute atomic E-state index is 0.0371. The van der Waals surface area contributed by atoms with E-state index in [1.165, 1.54) is 0 Å². The molecule has 5 rings (SSSR count). The number of hydrogen-bond acceptors (Lipinski definition) is 3. The van der Waals surface area contributed by atoms with Crippen LogP contribution in [0.4, 0.5) is 0 Å². The summed E-state index contributed by atoms with van der Waals surface area (Å²) in [6.07, 6.45) is 1.43. The molecule has 0 aliphatic carbocycles. The number of amides is 1. The highest BCUT2D eigenvalue weighted by atomic mass is 32.2. The quantitative estimate of drug-likeness (QED) is 0.475. The second-order valence-electron chi connectivity index (χ2n) is 8.14. The molecule has 32 heavy (non-hydrogen) atoms. The van der Waals surface area contributed by atoms with Crippen molar-refractivity contribution in [3.63, 3.8) is 0 Å². The van der Waals surface area contributed by atoms with E-state index in [9.17, 15) is 13.2 Å². The first kappa shape index (κ1) is 20.5. The molecule has 2 heterocycles. The topological polar surface area (TPSA) is 59.4 Å². The summed E-state index contributed by atoms with van der Waals surface area (Å²) in [5, 5.41) is 0.952. The van der Waals surface area contributed by atoms with Crippen LogP contribution in [-0.4, -0.2) is 36.9 Å². The van der Waals surface area contributed by atoms with Gasteiger partial charge in [-0.2, -0.15) is 0 Å². The summed E-state index contributed by atoms with van der Waals surface area (Å²) in [6.45, 7) is 1.25. The molecule has 3 aromatic carbocycles. The first-order valence-corrected chi connectivity index (χ1v) is 12.2. The maximum atomic E-state index is 13.2. The van der Waals surface area contributed by atoms with Crippen molar-refractivity contribution in [2.24, 2.45) is 7.05 Å². The molecule has 0 saturated carbocycles. The number of aromatic nitrogens is 1. The van der Waals surface area contributed by atoms with E-state index in [0.29, 0.717) is 34.9 Å². The van der Waals surface area contributed by atoms with E-state index >= 15 is 0 Å². The van der Waals surface area contributed by atoms with Crippen molar-refractivity contribution in [1.82, 2.24) is 9.47 Å². The van der Waals surface area contributed by atoms with Crippen LogP contribution in [0.1, 0.15) is 21.6 Å². The molecule has 1 aromatic heterocycles. The van der Waals surface area contributed by atoms with Gasteiger partial charge in [0.05, 0.1) is 9.79 Å². The third-order valence-corrected chi connectivity index (χ3v) is 8.10. The lowest BCUT2D eigenvalue weighted by atomic mass is 10.1. The number of carbonyl (C=O) groups is 1. The minimum Gasteiger partial charge on any atom is -0.347 e. The molecule has 0 spiro atoms. The molecular formula is C26H24N2O3S. The Morgan fingerprint density at radius 2 is 1.47 bits per heavy atom. The van der Waals surface area contributed by atoms with Gasteiger partial charge >= 0.3 is 0 Å². The maximum absolute atomic E-state index is 13.2. The largest absolute Gasteiger partial charge is 0.347 e. The van der Waals surface area contributed by atoms with Gasteiger partial charge in [-0.3, -0.25) is 4.79 Å². The molecular weight excluding hydrogens is 420 g/mol. The fourth-order valence-corrected chi connectivity index (χ4v) is 5.93. The van der Waals surface area contributed by atoms with Gasteiger partial charge in [0.25, 0.3) is 5.91 Å². The molecule has 1 aliphatic rings. The Kier molecular flexibility index (Phi) is 5.10. The van der Waals surface area contributed by atoms with Gasteiger partial charge in [-0.1, -0.05) is 36.4 Å². The Morgan fingerprint density at radius 3 is 2.19 bits per heavy atom. The van der Waals surface area contributed by atoms with Gasteiger partial charge < -0.3 is 9.47 Å². The van der Waals surface area contributed by atoms with Crippen molar-refractivity contribution < 1.29 is 13.2 Å². The number of fused-ring (bicyclic) bond motifs is 3. The van der Waals surface area contributed by atoms with E-state index in [0.717, 1.165) is 28.6 Å². The zero-order valence-corrected chi connectivity index (χ0v) is 18.7. The number of hydrogen-bond donors (Lipinski definition) is 0. The Balaban J connectivity index is 1.51. The van der Waals surface area contributed by atoms with E-state index in [-0.39, 0.29) is 5.91 Å². The fraction of sp³-hybridized carbons (Fsp3) is 0.192. The zero-order valence-electron chi connectivity index (χ0n) is 17.9. The van der Waals surface area contributed by atoms with Gasteiger partial charge in [0, 0.05) is 48.7 Å². The summed E-state index contributed by atoms with van der Waals surface area (Å²) in [4.78, 5) is 15.4. The van der Waals surface area contributed by atoms with E-state index < -0.39 is 9.84 Å². The van der Waals surface area contributed by atoms with Gasteiger partial charge in [-0.25, -0.2) is 8.42 Å². The summed E-state index contributed by atoms with van der Waals surface area (Å²) in [5.41, 5.74) is 4.01. The number of rotatable bonds is 3. The summed E-state index contributed by atoms with van der Waals surface area (Å²) >= 11 is 0. The third kappa shape index (κ3) is 3.41. The summed E-state index contributed by atoms with van der Waals surface area (Å²) in [6, 6.07) is 23.3. The molecule has 1 amide bonds. The average molecular weight is 445 g/mol. The lowest BCUT2D eigenvalue weighted by Gasteiger charge is -2.20. The van der Waals surface area contributed by atoms with Crippen molar-refractivity contribution in [3.05, 3.63) is 95.7 Å². The standard InChI is InChI=1S/C26H24N2O3S/c1-27-24-13-12-21(32(30,31)20-10-6-3-7-11-20)18-23(24)22-14-16-28(17-15-25(22)27)26(29)19-8-4-2-5-9-19/h2-13,18H,14-17H2,1H3. The van der Waals surface area contributed by atoms with Crippen molar-refractivity contribution in [3.8, 4) is 0 Å². The molecule has 4 aromatic rings. The van der Waals surface area contributed by atoms with E-state index in [1.54, 1.807) is 36.4 Å². The van der Waals surface area contributed by atoms with E-state index in [2.05, 4.69) is 4.57 Å². The first-order valence-electron chi connectivity index (χ1n) is 10.7. The number of nitrogens with zero attached hydrogens (tertiary/aromatic N) is 2. The summed E-state index contributed by atoms with van der Waals surface area (Å²) < 4.78 is 28.5. The molecule has 6 heteroatoms. The normalized spacial score (nSPS) is 14.2. The monoisotopic (exact) mass is 444 g/mol. The van der Waals surface area contributed by atoms with Crippen molar-refractivity contribution >= 4 is 26.6 Å². The van der Waals surface area contributed by atoms with Crippen LogP contribution in [0.3, 0.4) is 0 Å². The lowest BCUT2D eigenvalue weighted by molar-refractivity contribution is 0.0762. The molecule has 0 radical (unpaired) electrons. The maximum Gasteiger partial charge on any atom is 0.253 e. The first-order chi connectivity index (χ1) is 15.5. The highest BCUT2D eigenvalue weighted by molar-refractivity contribution is 7.91. The Labute approximate surface area is 187 Å². The van der Waals surface area contributed by atoms with Gasteiger partial charge in [0.15, 0.2) is 0 Å². The number of aryl methyl sites for hydroxylation is 1. The SMILES string of the molecule is Cn1c2c(c3cc(S(=O)(=O)c4ccccc4)ccc31)CCN(C(=O)c1ccccc1)CC2. The lowest BCUT2D eigenvalue weighted by Crippen LogP contribution is -2.33. The van der Waals surface area contributed by atoms with Crippen LogP contribution >= 0.6 is 0 Å². The molecule has 5 nitrogen and oxygen atoms in total. The molecule has 0 N–H and O–H groups in total. The minimum atomic E-state index is -3.59. The van der Waals surface area contributed by atoms with Crippen LogP contribution < -0.4 is 0 Å². The van der Waals surface area contributed by atoms with Gasteiger partial charge in [-0.15, -0.1) is 0 Å². The highest BCUT2D eigenvalue weighted by Crippen LogP contribution is 2.32. The summed E-state index contributed by atoms with van der Waals surface area (Å²) in [5.74, 6) is 0.0371. The van der Waals surface area contributed by atoms with Crippen molar-refractivity contribution in [2.75, 3.05) is 13.1 Å². The van der Waals surface area contributed by atoms with Gasteiger partial charge in [0.1, 0.15) is 0 Å². The third-order valence-electron chi connectivity index (χ3n) is 6.33. The van der Waals surface area contributed by atoms with Crippen LogP contribution in [0.5, 0.6) is 0 Å². The van der Waals surface area contributed by atoms with Gasteiger partial charge in [-0.05, 0) is 54.4 Å². The van der Waals surface area contributed by atoms with Crippen LogP contribution in [0.15, 0.2) is 88.7 Å². The molecule has 162 valence electrons. The second kappa shape index (κ2) is 7.95.